The van der Waals surface area contributed by atoms with Gasteiger partial charge >= 0.3 is 0 Å². The molecule has 0 radical (unpaired) electrons. The van der Waals surface area contributed by atoms with Crippen molar-refractivity contribution in [2.24, 2.45) is 0 Å². The summed E-state index contributed by atoms with van der Waals surface area (Å²) in [5.74, 6) is -0.188. The topological polar surface area (TPSA) is 87.7 Å². The van der Waals surface area contributed by atoms with Gasteiger partial charge in [-0.3, -0.25) is 14.4 Å². The minimum absolute atomic E-state index is 0.188. The number of hydrogen-bond acceptors (Lipinski definition) is 5. The Kier molecular flexibility index (Phi) is 6.59. The number of carbonyl (C=O) groups is 1. The van der Waals surface area contributed by atoms with Crippen molar-refractivity contribution in [3.05, 3.63) is 29.3 Å². The molecule has 0 bridgehead atoms. The van der Waals surface area contributed by atoms with Crippen LogP contribution in [0.2, 0.25) is 0 Å². The van der Waals surface area contributed by atoms with Crippen LogP contribution in [0.25, 0.3) is 0 Å². The van der Waals surface area contributed by atoms with Crippen molar-refractivity contribution >= 4 is 21.6 Å². The van der Waals surface area contributed by atoms with E-state index in [0.29, 0.717) is 23.4 Å². The quantitative estimate of drug-likeness (QED) is 0.707. The molecule has 2 rings (SSSR count). The van der Waals surface area contributed by atoms with Gasteiger partial charge in [-0.15, -0.1) is 0 Å². The van der Waals surface area contributed by atoms with Crippen molar-refractivity contribution in [3.63, 3.8) is 0 Å². The second-order valence-electron chi connectivity index (χ2n) is 5.92. The molecule has 0 aliphatic carbocycles. The number of nitrogens with one attached hydrogen (secondary N) is 2. The highest BCUT2D eigenvalue weighted by atomic mass is 32.2. The van der Waals surface area contributed by atoms with Crippen LogP contribution in [0.1, 0.15) is 22.3 Å². The first kappa shape index (κ1) is 18.7. The Morgan fingerprint density at radius 1 is 1.29 bits per heavy atom. The smallest absolute Gasteiger partial charge is 0.251 e. The number of hydrogen-bond donors (Lipinski definition) is 2. The van der Waals surface area contributed by atoms with Gasteiger partial charge in [0.1, 0.15) is 0 Å². The van der Waals surface area contributed by atoms with Crippen LogP contribution in [0.5, 0.6) is 0 Å². The zero-order chi connectivity index (χ0) is 17.6. The van der Waals surface area contributed by atoms with Gasteiger partial charge in [-0.2, -0.15) is 0 Å². The molecule has 0 aromatic heterocycles. The minimum atomic E-state index is -3.37. The molecule has 0 unspecified atom stereocenters. The number of ether oxygens (including phenoxy) is 1. The molecule has 1 aromatic carbocycles. The van der Waals surface area contributed by atoms with Crippen LogP contribution in [-0.4, -0.2) is 64.9 Å². The van der Waals surface area contributed by atoms with Crippen molar-refractivity contribution in [2.75, 3.05) is 50.4 Å². The molecular formula is C16H25N3O4S. The molecule has 0 saturated carbocycles. The third-order valence-corrected chi connectivity index (χ3v) is 4.50. The van der Waals surface area contributed by atoms with Crippen molar-refractivity contribution in [1.82, 2.24) is 10.2 Å². The van der Waals surface area contributed by atoms with E-state index in [-0.39, 0.29) is 5.91 Å². The fourth-order valence-corrected chi connectivity index (χ4v) is 3.24. The molecule has 1 saturated heterocycles. The predicted octanol–water partition coefficient (Wildman–Crippen LogP) is 0.819. The number of benzene rings is 1. The lowest BCUT2D eigenvalue weighted by atomic mass is 10.1. The number of anilines is 1. The van der Waals surface area contributed by atoms with Crippen LogP contribution in [-0.2, 0) is 14.8 Å². The molecule has 2 N–H and O–H groups in total. The van der Waals surface area contributed by atoms with Gasteiger partial charge in [0.2, 0.25) is 10.0 Å². The van der Waals surface area contributed by atoms with Crippen molar-refractivity contribution in [2.45, 2.75) is 13.3 Å². The van der Waals surface area contributed by atoms with Gasteiger partial charge < -0.3 is 10.1 Å². The van der Waals surface area contributed by atoms with E-state index in [1.54, 1.807) is 25.1 Å². The highest BCUT2D eigenvalue weighted by molar-refractivity contribution is 7.92. The fraction of sp³-hybridized carbons (Fsp3) is 0.562. The van der Waals surface area contributed by atoms with Gasteiger partial charge in [-0.25, -0.2) is 8.42 Å². The lowest BCUT2D eigenvalue weighted by Crippen LogP contribution is -2.38. The third-order valence-electron chi connectivity index (χ3n) is 3.91. The molecule has 1 aromatic rings. The van der Waals surface area contributed by atoms with Crippen LogP contribution in [0.4, 0.5) is 5.69 Å². The summed E-state index contributed by atoms with van der Waals surface area (Å²) in [5.41, 5.74) is 1.53. The van der Waals surface area contributed by atoms with Crippen LogP contribution in [0.3, 0.4) is 0 Å². The van der Waals surface area contributed by atoms with Crippen molar-refractivity contribution in [3.8, 4) is 0 Å². The summed E-state index contributed by atoms with van der Waals surface area (Å²) in [6.07, 6.45) is 1.96. The van der Waals surface area contributed by atoms with E-state index in [1.165, 1.54) is 0 Å². The van der Waals surface area contributed by atoms with Crippen LogP contribution < -0.4 is 10.0 Å². The monoisotopic (exact) mass is 355 g/mol. The molecule has 1 heterocycles. The molecular weight excluding hydrogens is 330 g/mol. The van der Waals surface area contributed by atoms with E-state index < -0.39 is 10.0 Å². The van der Waals surface area contributed by atoms with Gasteiger partial charge in [0, 0.05) is 25.2 Å². The Labute approximate surface area is 143 Å². The molecule has 24 heavy (non-hydrogen) atoms. The normalized spacial score (nSPS) is 15.9. The number of morpholine rings is 1. The molecule has 7 nitrogen and oxygen atoms in total. The summed E-state index contributed by atoms with van der Waals surface area (Å²) in [6.45, 7) is 6.66. The molecule has 1 fully saturated rings. The molecule has 8 heteroatoms. The second-order valence-corrected chi connectivity index (χ2v) is 7.66. The number of nitrogens with zero attached hydrogens (tertiary/aromatic N) is 1. The molecule has 134 valence electrons. The van der Waals surface area contributed by atoms with Gasteiger partial charge in [0.15, 0.2) is 0 Å². The zero-order valence-electron chi connectivity index (χ0n) is 14.2. The van der Waals surface area contributed by atoms with E-state index in [2.05, 4.69) is 14.9 Å². The van der Waals surface area contributed by atoms with Gasteiger partial charge in [-0.05, 0) is 37.6 Å². The molecule has 1 aliphatic heterocycles. The summed E-state index contributed by atoms with van der Waals surface area (Å²) in [7, 11) is -3.37. The summed E-state index contributed by atoms with van der Waals surface area (Å²) in [5, 5.41) is 2.90. The van der Waals surface area contributed by atoms with Crippen molar-refractivity contribution < 1.29 is 17.9 Å². The Hall–Kier alpha value is -1.64. The maximum absolute atomic E-state index is 12.3. The van der Waals surface area contributed by atoms with Gasteiger partial charge in [0.25, 0.3) is 5.91 Å². The summed E-state index contributed by atoms with van der Waals surface area (Å²) in [6, 6.07) is 5.01. The summed E-state index contributed by atoms with van der Waals surface area (Å²) in [4.78, 5) is 14.6. The average molecular weight is 355 g/mol. The molecule has 1 amide bonds. The third kappa shape index (κ3) is 5.77. The Morgan fingerprint density at radius 2 is 2.00 bits per heavy atom. The average Bonchev–Trinajstić information content (AvgIpc) is 2.53. The van der Waals surface area contributed by atoms with Crippen LogP contribution in [0, 0.1) is 6.92 Å². The van der Waals surface area contributed by atoms with E-state index in [1.807, 2.05) is 0 Å². The van der Waals surface area contributed by atoms with E-state index >= 15 is 0 Å². The number of carbonyl (C=O) groups excluding carboxylic acids is 1. The zero-order valence-corrected chi connectivity index (χ0v) is 15.0. The highest BCUT2D eigenvalue weighted by Gasteiger charge is 2.14. The van der Waals surface area contributed by atoms with Crippen molar-refractivity contribution in [1.29, 1.82) is 0 Å². The molecule has 0 atom stereocenters. The van der Waals surface area contributed by atoms with Crippen LogP contribution in [0.15, 0.2) is 18.2 Å². The number of sulfonamides is 1. The van der Waals surface area contributed by atoms with Gasteiger partial charge in [0.05, 0.1) is 25.2 Å². The maximum atomic E-state index is 12.3. The summed E-state index contributed by atoms with van der Waals surface area (Å²) < 4.78 is 30.5. The second kappa shape index (κ2) is 8.46. The highest BCUT2D eigenvalue weighted by Crippen LogP contribution is 2.19. The molecule has 0 spiro atoms. The van der Waals surface area contributed by atoms with E-state index in [4.69, 9.17) is 4.74 Å². The first-order chi connectivity index (χ1) is 11.4. The van der Waals surface area contributed by atoms with E-state index in [9.17, 15) is 13.2 Å². The SMILES string of the molecule is Cc1c(NS(C)(=O)=O)cccc1C(=O)NCCCN1CCOCC1. The Morgan fingerprint density at radius 3 is 2.67 bits per heavy atom. The molecule has 1 aliphatic rings. The fourth-order valence-electron chi connectivity index (χ4n) is 2.62. The lowest BCUT2D eigenvalue weighted by Gasteiger charge is -2.26. The lowest BCUT2D eigenvalue weighted by molar-refractivity contribution is 0.0374. The van der Waals surface area contributed by atoms with E-state index in [0.717, 1.165) is 45.5 Å². The minimum Gasteiger partial charge on any atom is -0.379 e. The Bertz CT molecular complexity index is 670. The number of amides is 1. The Balaban J connectivity index is 1.86. The number of rotatable bonds is 7. The predicted molar refractivity (Wildman–Crippen MR) is 93.9 cm³/mol. The first-order valence-corrected chi connectivity index (χ1v) is 9.91. The van der Waals surface area contributed by atoms with Gasteiger partial charge in [-0.1, -0.05) is 6.07 Å². The van der Waals surface area contributed by atoms with Crippen LogP contribution >= 0.6 is 0 Å². The summed E-state index contributed by atoms with van der Waals surface area (Å²) >= 11 is 0. The largest absolute Gasteiger partial charge is 0.379 e. The maximum Gasteiger partial charge on any atom is 0.251 e. The standard InChI is InChI=1S/C16H25N3O4S/c1-13-14(5-3-6-15(13)18-24(2,21)22)16(20)17-7-4-8-19-9-11-23-12-10-19/h3,5-6,18H,4,7-12H2,1-2H3,(H,17,20). The first-order valence-electron chi connectivity index (χ1n) is 8.02.